The second-order valence-corrected chi connectivity index (χ2v) is 8.22. The number of carbonyl (C=O) groups excluding carboxylic acids is 1. The number of nitro groups is 1. The van der Waals surface area contributed by atoms with E-state index in [0.717, 1.165) is 22.2 Å². The Bertz CT molecular complexity index is 1750. The first-order valence-electron chi connectivity index (χ1n) is 11.0. The first-order chi connectivity index (χ1) is 18.2. The topological polar surface area (TPSA) is 150 Å². The van der Waals surface area contributed by atoms with Gasteiger partial charge < -0.3 is 14.1 Å². The summed E-state index contributed by atoms with van der Waals surface area (Å²) in [4.78, 5) is 47.8. The lowest BCUT2D eigenvalue weighted by Gasteiger charge is -2.09. The van der Waals surface area contributed by atoms with Gasteiger partial charge in [0.2, 0.25) is 0 Å². The van der Waals surface area contributed by atoms with E-state index in [4.69, 9.17) is 4.52 Å². The van der Waals surface area contributed by atoms with Gasteiger partial charge in [-0.1, -0.05) is 5.16 Å². The Labute approximate surface area is 209 Å². The molecule has 0 aliphatic heterocycles. The number of fused-ring (bicyclic) bond motifs is 1. The van der Waals surface area contributed by atoms with Crippen LogP contribution in [0, 0.1) is 27.6 Å². The van der Waals surface area contributed by atoms with Crippen molar-refractivity contribution in [3.05, 3.63) is 104 Å². The first kappa shape index (κ1) is 24.5. The molecule has 0 saturated carbocycles. The summed E-state index contributed by atoms with van der Waals surface area (Å²) in [6, 6.07) is 5.69. The molecule has 5 rings (SSSR count). The molecule has 0 aliphatic carbocycles. The van der Waals surface area contributed by atoms with Crippen LogP contribution in [0.25, 0.3) is 22.5 Å². The van der Waals surface area contributed by atoms with Crippen molar-refractivity contribution >= 4 is 22.5 Å². The summed E-state index contributed by atoms with van der Waals surface area (Å²) in [5.74, 6) is -5.07. The van der Waals surface area contributed by atoms with E-state index in [1.165, 1.54) is 0 Å². The number of nitrogens with zero attached hydrogens (tertiary/aromatic N) is 5. The van der Waals surface area contributed by atoms with E-state index in [9.17, 15) is 32.9 Å². The third-order valence-electron chi connectivity index (χ3n) is 5.70. The molecule has 4 heterocycles. The highest BCUT2D eigenvalue weighted by atomic mass is 19.2. The third-order valence-corrected chi connectivity index (χ3v) is 5.70. The summed E-state index contributed by atoms with van der Waals surface area (Å²) >= 11 is 0. The van der Waals surface area contributed by atoms with E-state index >= 15 is 0 Å². The summed E-state index contributed by atoms with van der Waals surface area (Å²) in [7, 11) is 0. The number of halogens is 3. The van der Waals surface area contributed by atoms with Crippen molar-refractivity contribution in [3.8, 4) is 11.5 Å². The number of ketones is 1. The van der Waals surface area contributed by atoms with Gasteiger partial charge in [-0.05, 0) is 29.8 Å². The molecular formula is C24H15F3N6O5. The quantitative estimate of drug-likeness (QED) is 0.139. The molecular weight excluding hydrogens is 509 g/mol. The number of benzene rings is 1. The number of aromatic nitrogens is 5. The molecule has 0 amide bonds. The van der Waals surface area contributed by atoms with Crippen LogP contribution in [0.1, 0.15) is 28.2 Å². The van der Waals surface area contributed by atoms with Crippen LogP contribution in [0.2, 0.25) is 0 Å². The van der Waals surface area contributed by atoms with Crippen molar-refractivity contribution in [2.75, 3.05) is 0 Å². The third kappa shape index (κ3) is 4.66. The van der Waals surface area contributed by atoms with Crippen molar-refractivity contribution in [1.29, 1.82) is 0 Å². The SMILES string of the molecule is O=C(CCc1noc(-c2c[nH]c3ncccc23)n1)c1cc([N+](=O)[O-])cn(Cc2cc(F)c(F)c(F)c2)c1=O. The van der Waals surface area contributed by atoms with E-state index < -0.39 is 51.5 Å². The molecule has 0 fully saturated rings. The summed E-state index contributed by atoms with van der Waals surface area (Å²) in [6.07, 6.45) is 3.76. The lowest BCUT2D eigenvalue weighted by atomic mass is 10.1. The Balaban J connectivity index is 1.38. The minimum Gasteiger partial charge on any atom is -0.345 e. The average molecular weight is 524 g/mol. The maximum Gasteiger partial charge on any atom is 0.286 e. The van der Waals surface area contributed by atoms with E-state index in [0.29, 0.717) is 23.3 Å². The number of pyridine rings is 2. The maximum absolute atomic E-state index is 13.6. The molecule has 38 heavy (non-hydrogen) atoms. The number of aromatic amines is 1. The fraction of sp³-hybridized carbons (Fsp3) is 0.125. The molecule has 0 saturated heterocycles. The molecule has 4 aromatic heterocycles. The Morgan fingerprint density at radius 3 is 2.68 bits per heavy atom. The van der Waals surface area contributed by atoms with Gasteiger partial charge in [-0.25, -0.2) is 18.2 Å². The van der Waals surface area contributed by atoms with Gasteiger partial charge in [-0.3, -0.25) is 19.7 Å². The lowest BCUT2D eigenvalue weighted by molar-refractivity contribution is -0.385. The van der Waals surface area contributed by atoms with Crippen molar-refractivity contribution in [2.24, 2.45) is 0 Å². The Morgan fingerprint density at radius 1 is 1.18 bits per heavy atom. The standard InChI is InChI=1S/C24H15F3N6O5/c25-17-6-12(7-18(26)21(17)27)10-32-11-13(33(36)37)8-15(24(32)35)19(34)3-4-20-30-23(38-31-20)16-9-29-22-14(16)2-1-5-28-22/h1-2,5-9,11H,3-4,10H2,(H,28,29). The molecule has 0 unspecified atom stereocenters. The number of hydrogen-bond donors (Lipinski definition) is 1. The number of carbonyl (C=O) groups is 1. The molecule has 0 radical (unpaired) electrons. The number of nitrogens with one attached hydrogen (secondary N) is 1. The number of rotatable bonds is 8. The van der Waals surface area contributed by atoms with Gasteiger partial charge in [0.15, 0.2) is 29.1 Å². The van der Waals surface area contributed by atoms with E-state index in [1.807, 2.05) is 6.07 Å². The van der Waals surface area contributed by atoms with Crippen LogP contribution in [-0.2, 0) is 13.0 Å². The zero-order valence-electron chi connectivity index (χ0n) is 19.2. The summed E-state index contributed by atoms with van der Waals surface area (Å²) in [6.45, 7) is -0.539. The van der Waals surface area contributed by atoms with Crippen LogP contribution < -0.4 is 5.56 Å². The highest BCUT2D eigenvalue weighted by molar-refractivity contribution is 5.96. The number of H-pyrrole nitrogens is 1. The van der Waals surface area contributed by atoms with Crippen LogP contribution in [-0.4, -0.2) is 35.4 Å². The summed E-state index contributed by atoms with van der Waals surface area (Å²) < 4.78 is 46.5. The van der Waals surface area contributed by atoms with E-state index in [-0.39, 0.29) is 30.1 Å². The molecule has 5 aromatic rings. The van der Waals surface area contributed by atoms with Gasteiger partial charge in [-0.2, -0.15) is 4.98 Å². The summed E-state index contributed by atoms with van der Waals surface area (Å²) in [5.41, 5.74) is -0.974. The van der Waals surface area contributed by atoms with E-state index in [1.54, 1.807) is 18.5 Å². The normalized spacial score (nSPS) is 11.2. The fourth-order valence-electron chi connectivity index (χ4n) is 3.89. The molecule has 0 aliphatic rings. The maximum atomic E-state index is 13.6. The van der Waals surface area contributed by atoms with Crippen LogP contribution in [0.4, 0.5) is 18.9 Å². The monoisotopic (exact) mass is 524 g/mol. The van der Waals surface area contributed by atoms with Crippen molar-refractivity contribution in [1.82, 2.24) is 24.7 Å². The van der Waals surface area contributed by atoms with Gasteiger partial charge in [0.25, 0.3) is 17.1 Å². The second-order valence-electron chi connectivity index (χ2n) is 8.22. The summed E-state index contributed by atoms with van der Waals surface area (Å²) in [5, 5.41) is 16.0. The van der Waals surface area contributed by atoms with Crippen molar-refractivity contribution < 1.29 is 27.4 Å². The highest BCUT2D eigenvalue weighted by Gasteiger charge is 2.21. The predicted molar refractivity (Wildman–Crippen MR) is 125 cm³/mol. The molecule has 14 heteroatoms. The molecule has 192 valence electrons. The molecule has 11 nitrogen and oxygen atoms in total. The minimum atomic E-state index is -1.69. The van der Waals surface area contributed by atoms with Crippen LogP contribution >= 0.6 is 0 Å². The smallest absolute Gasteiger partial charge is 0.286 e. The molecule has 1 aromatic carbocycles. The molecule has 0 spiro atoms. The van der Waals surface area contributed by atoms with Crippen molar-refractivity contribution in [2.45, 2.75) is 19.4 Å². The Hall–Kier alpha value is -5.14. The predicted octanol–water partition coefficient (Wildman–Crippen LogP) is 3.96. The zero-order valence-corrected chi connectivity index (χ0v) is 19.2. The largest absolute Gasteiger partial charge is 0.345 e. The van der Waals surface area contributed by atoms with Crippen LogP contribution in [0.15, 0.2) is 58.2 Å². The average Bonchev–Trinajstić information content (AvgIpc) is 3.53. The second kappa shape index (κ2) is 9.72. The van der Waals surface area contributed by atoms with Crippen molar-refractivity contribution in [3.63, 3.8) is 0 Å². The van der Waals surface area contributed by atoms with Gasteiger partial charge in [0.05, 0.1) is 28.8 Å². The lowest BCUT2D eigenvalue weighted by Crippen LogP contribution is -2.27. The number of hydrogen-bond acceptors (Lipinski definition) is 8. The van der Waals surface area contributed by atoms with Gasteiger partial charge in [0, 0.05) is 36.7 Å². The molecule has 0 atom stereocenters. The van der Waals surface area contributed by atoms with Gasteiger partial charge in [-0.15, -0.1) is 0 Å². The van der Waals surface area contributed by atoms with Crippen LogP contribution in [0.5, 0.6) is 0 Å². The highest BCUT2D eigenvalue weighted by Crippen LogP contribution is 2.26. The Morgan fingerprint density at radius 2 is 1.95 bits per heavy atom. The fourth-order valence-corrected chi connectivity index (χ4v) is 3.89. The van der Waals surface area contributed by atoms with Crippen LogP contribution in [0.3, 0.4) is 0 Å². The van der Waals surface area contributed by atoms with Gasteiger partial charge >= 0.3 is 0 Å². The minimum absolute atomic E-state index is 0.0422. The molecule has 1 N–H and O–H groups in total. The van der Waals surface area contributed by atoms with Gasteiger partial charge in [0.1, 0.15) is 5.65 Å². The molecule has 0 bridgehead atoms. The number of aryl methyl sites for hydroxylation is 1. The number of Topliss-reactive ketones (excluding diaryl/α,β-unsaturated/α-hetero) is 1. The first-order valence-corrected chi connectivity index (χ1v) is 11.0. The Kier molecular flexibility index (Phi) is 6.28. The van der Waals surface area contributed by atoms with E-state index in [2.05, 4.69) is 20.1 Å². The zero-order chi connectivity index (χ0) is 27.0.